The van der Waals surface area contributed by atoms with Crippen molar-refractivity contribution in [2.75, 3.05) is 17.8 Å². The molecule has 1 fully saturated rings. The van der Waals surface area contributed by atoms with Gasteiger partial charge in [0.05, 0.1) is 5.41 Å². The van der Waals surface area contributed by atoms with Crippen LogP contribution in [0.2, 0.25) is 0 Å². The van der Waals surface area contributed by atoms with Gasteiger partial charge in [0, 0.05) is 30.4 Å². The van der Waals surface area contributed by atoms with Crippen LogP contribution in [-0.4, -0.2) is 50.1 Å². The van der Waals surface area contributed by atoms with Gasteiger partial charge in [-0.2, -0.15) is 0 Å². The molecular weight excluding hydrogens is 454 g/mol. The van der Waals surface area contributed by atoms with Crippen LogP contribution in [0.4, 0.5) is 10.5 Å². The van der Waals surface area contributed by atoms with E-state index in [-0.39, 0.29) is 18.0 Å². The van der Waals surface area contributed by atoms with E-state index in [1.807, 2.05) is 39.0 Å². The number of amides is 2. The molecule has 1 aliphatic heterocycles. The molecule has 1 saturated heterocycles. The zero-order valence-electron chi connectivity index (χ0n) is 19.7. The van der Waals surface area contributed by atoms with E-state index in [2.05, 4.69) is 10.0 Å². The molecule has 0 bridgehead atoms. The van der Waals surface area contributed by atoms with Crippen LogP contribution in [0.15, 0.2) is 60.0 Å². The van der Waals surface area contributed by atoms with Crippen LogP contribution >= 0.6 is 0 Å². The highest BCUT2D eigenvalue weighted by molar-refractivity contribution is 7.95. The Bertz CT molecular complexity index is 1120. The minimum atomic E-state index is -3.69. The normalized spacial score (nSPS) is 15.2. The first-order valence-corrected chi connectivity index (χ1v) is 12.7. The number of nitrogens with one attached hydrogen (secondary N) is 2. The number of anilines is 1. The van der Waals surface area contributed by atoms with E-state index >= 15 is 0 Å². The van der Waals surface area contributed by atoms with Crippen LogP contribution in [0.1, 0.15) is 49.5 Å². The van der Waals surface area contributed by atoms with Crippen molar-refractivity contribution in [1.29, 1.82) is 0 Å². The first-order chi connectivity index (χ1) is 16.0. The van der Waals surface area contributed by atoms with Crippen LogP contribution in [0.3, 0.4) is 0 Å². The molecule has 2 amide bonds. The van der Waals surface area contributed by atoms with Crippen molar-refractivity contribution in [3.63, 3.8) is 0 Å². The number of hydrogen-bond donors (Lipinski definition) is 2. The largest absolute Gasteiger partial charge is 0.444 e. The van der Waals surface area contributed by atoms with Gasteiger partial charge in [0.25, 0.3) is 15.9 Å². The predicted octanol–water partition coefficient (Wildman–Crippen LogP) is 4.23. The van der Waals surface area contributed by atoms with E-state index in [1.54, 1.807) is 41.3 Å². The van der Waals surface area contributed by atoms with E-state index in [4.69, 9.17) is 4.74 Å². The Balaban J connectivity index is 1.50. The summed E-state index contributed by atoms with van der Waals surface area (Å²) in [5.74, 6) is -0.242. The van der Waals surface area contributed by atoms with Gasteiger partial charge < -0.3 is 15.0 Å². The maximum Gasteiger partial charge on any atom is 0.410 e. The van der Waals surface area contributed by atoms with Crippen LogP contribution in [0.25, 0.3) is 6.08 Å². The molecule has 8 nitrogen and oxygen atoms in total. The first kappa shape index (κ1) is 25.3. The summed E-state index contributed by atoms with van der Waals surface area (Å²) >= 11 is 0. The average molecular weight is 486 g/mol. The number of rotatable bonds is 6. The third-order valence-corrected chi connectivity index (χ3v) is 6.14. The molecule has 34 heavy (non-hydrogen) atoms. The Kier molecular flexibility index (Phi) is 7.98. The number of ether oxygens (including phenoxy) is 1. The van der Waals surface area contributed by atoms with Crippen molar-refractivity contribution in [2.45, 2.75) is 45.3 Å². The highest BCUT2D eigenvalue weighted by Crippen LogP contribution is 2.17. The molecule has 0 aromatic heterocycles. The molecule has 1 aliphatic rings. The lowest BCUT2D eigenvalue weighted by atomic mass is 10.0. The number of carbonyl (C=O) groups is 2. The zero-order chi connectivity index (χ0) is 24.8. The minimum Gasteiger partial charge on any atom is -0.444 e. The summed E-state index contributed by atoms with van der Waals surface area (Å²) in [5, 5.41) is 4.09. The maximum absolute atomic E-state index is 12.6. The molecular formula is C25H31N3O5S. The Morgan fingerprint density at radius 3 is 2.21 bits per heavy atom. The smallest absolute Gasteiger partial charge is 0.410 e. The molecule has 0 aliphatic carbocycles. The van der Waals surface area contributed by atoms with Gasteiger partial charge in [-0.25, -0.2) is 13.2 Å². The van der Waals surface area contributed by atoms with Gasteiger partial charge in [-0.3, -0.25) is 9.52 Å². The van der Waals surface area contributed by atoms with Gasteiger partial charge >= 0.3 is 6.09 Å². The molecule has 0 unspecified atom stereocenters. The van der Waals surface area contributed by atoms with Crippen molar-refractivity contribution in [3.05, 3.63) is 71.1 Å². The lowest BCUT2D eigenvalue weighted by Gasteiger charge is -2.33. The van der Waals surface area contributed by atoms with Crippen LogP contribution < -0.4 is 10.0 Å². The third-order valence-electron chi connectivity index (χ3n) is 5.13. The standard InChI is InChI=1S/C25H31N3O5S/c1-25(2,3)33-24(30)28-16-13-21(14-17-28)26-23(29)20-9-11-22(12-10-20)27-34(31,32)18-15-19-7-5-4-6-8-19/h4-12,15,18,21,27H,13-14,16-17H2,1-3H3,(H,26,29). The Hall–Kier alpha value is -3.33. The highest BCUT2D eigenvalue weighted by atomic mass is 32.2. The number of hydrogen-bond acceptors (Lipinski definition) is 5. The van der Waals surface area contributed by atoms with Crippen molar-refractivity contribution >= 4 is 33.8 Å². The number of likely N-dealkylation sites (tertiary alicyclic amines) is 1. The summed E-state index contributed by atoms with van der Waals surface area (Å²) in [6, 6.07) is 15.3. The monoisotopic (exact) mass is 485 g/mol. The van der Waals surface area contributed by atoms with Gasteiger partial charge in [-0.05, 0) is 69.5 Å². The summed E-state index contributed by atoms with van der Waals surface area (Å²) < 4.78 is 32.4. The van der Waals surface area contributed by atoms with Gasteiger partial charge in [0.2, 0.25) is 0 Å². The molecule has 182 valence electrons. The second-order valence-corrected chi connectivity index (χ2v) is 10.7. The quantitative estimate of drug-likeness (QED) is 0.637. The zero-order valence-corrected chi connectivity index (χ0v) is 20.5. The van der Waals surface area contributed by atoms with Crippen LogP contribution in [-0.2, 0) is 14.8 Å². The molecule has 2 aromatic carbocycles. The molecule has 2 aromatic rings. The van der Waals surface area contributed by atoms with Crippen molar-refractivity contribution in [2.24, 2.45) is 0 Å². The van der Waals surface area contributed by atoms with Crippen LogP contribution in [0, 0.1) is 0 Å². The SMILES string of the molecule is CC(C)(C)OC(=O)N1CCC(NC(=O)c2ccc(NS(=O)(=O)C=Cc3ccccc3)cc2)CC1. The van der Waals surface area contributed by atoms with Crippen molar-refractivity contribution in [3.8, 4) is 0 Å². The molecule has 0 radical (unpaired) electrons. The molecule has 0 saturated carbocycles. The van der Waals surface area contributed by atoms with E-state index in [9.17, 15) is 18.0 Å². The third kappa shape index (κ3) is 7.91. The van der Waals surface area contributed by atoms with Gasteiger partial charge in [-0.1, -0.05) is 30.3 Å². The van der Waals surface area contributed by atoms with Crippen molar-refractivity contribution < 1.29 is 22.7 Å². The van der Waals surface area contributed by atoms with E-state index in [0.29, 0.717) is 37.2 Å². The molecule has 1 heterocycles. The number of nitrogens with zero attached hydrogens (tertiary/aromatic N) is 1. The van der Waals surface area contributed by atoms with E-state index in [1.165, 1.54) is 6.08 Å². The number of sulfonamides is 1. The second-order valence-electron chi connectivity index (χ2n) is 9.15. The highest BCUT2D eigenvalue weighted by Gasteiger charge is 2.27. The Labute approximate surface area is 201 Å². The molecule has 9 heteroatoms. The lowest BCUT2D eigenvalue weighted by molar-refractivity contribution is 0.0199. The summed E-state index contributed by atoms with van der Waals surface area (Å²) in [5.41, 5.74) is 1.02. The fourth-order valence-electron chi connectivity index (χ4n) is 3.42. The number of carbonyl (C=O) groups excluding carboxylic acids is 2. The van der Waals surface area contributed by atoms with Crippen LogP contribution in [0.5, 0.6) is 0 Å². The summed E-state index contributed by atoms with van der Waals surface area (Å²) in [6.07, 6.45) is 2.44. The van der Waals surface area contributed by atoms with Gasteiger partial charge in [0.1, 0.15) is 5.60 Å². The maximum atomic E-state index is 12.6. The fraction of sp³-hybridized carbons (Fsp3) is 0.360. The van der Waals surface area contributed by atoms with Gasteiger partial charge in [0.15, 0.2) is 0 Å². The summed E-state index contributed by atoms with van der Waals surface area (Å²) in [4.78, 5) is 26.4. The summed E-state index contributed by atoms with van der Waals surface area (Å²) in [7, 11) is -3.69. The minimum absolute atomic E-state index is 0.0486. The molecule has 0 atom stereocenters. The summed E-state index contributed by atoms with van der Waals surface area (Å²) in [6.45, 7) is 6.51. The van der Waals surface area contributed by atoms with E-state index in [0.717, 1.165) is 11.0 Å². The topological polar surface area (TPSA) is 105 Å². The fourth-order valence-corrected chi connectivity index (χ4v) is 4.29. The van der Waals surface area contributed by atoms with Gasteiger partial charge in [-0.15, -0.1) is 0 Å². The number of benzene rings is 2. The molecule has 2 N–H and O–H groups in total. The molecule has 3 rings (SSSR count). The first-order valence-electron chi connectivity index (χ1n) is 11.2. The average Bonchev–Trinajstić information content (AvgIpc) is 2.78. The predicted molar refractivity (Wildman–Crippen MR) is 133 cm³/mol. The second kappa shape index (κ2) is 10.7. The Morgan fingerprint density at radius 1 is 1.00 bits per heavy atom. The molecule has 0 spiro atoms. The van der Waals surface area contributed by atoms with E-state index < -0.39 is 15.6 Å². The number of piperidine rings is 1. The van der Waals surface area contributed by atoms with Crippen molar-refractivity contribution in [1.82, 2.24) is 10.2 Å². The Morgan fingerprint density at radius 2 is 1.62 bits per heavy atom. The lowest BCUT2D eigenvalue weighted by Crippen LogP contribution is -2.47.